The highest BCUT2D eigenvalue weighted by Crippen LogP contribution is 2.36. The number of hydrogen-bond acceptors (Lipinski definition) is 2. The third-order valence-electron chi connectivity index (χ3n) is 3.14. The number of rotatable bonds is 4. The fraction of sp³-hybridized carbons (Fsp3) is 0.538. The Bertz CT molecular complexity index is 456. The van der Waals surface area contributed by atoms with Crippen molar-refractivity contribution in [2.45, 2.75) is 38.0 Å². The molecule has 0 aliphatic heterocycles. The first-order valence-electron chi connectivity index (χ1n) is 6.16. The fourth-order valence-corrected chi connectivity index (χ4v) is 2.80. The highest BCUT2D eigenvalue weighted by Gasteiger charge is 2.38. The van der Waals surface area contributed by atoms with E-state index in [1.165, 1.54) is 4.90 Å². The molecule has 0 spiro atoms. The molecule has 0 unspecified atom stereocenters. The first-order chi connectivity index (χ1) is 8.78. The molecule has 1 aliphatic carbocycles. The molecule has 0 amide bonds. The number of nitrogens with two attached hydrogens (primary N) is 1. The Kier molecular flexibility index (Phi) is 4.11. The third kappa shape index (κ3) is 3.86. The van der Waals surface area contributed by atoms with Crippen molar-refractivity contribution in [2.75, 3.05) is 11.4 Å². The molecule has 106 valence electrons. The lowest BCUT2D eigenvalue weighted by Crippen LogP contribution is -2.36. The Balaban J connectivity index is 2.25. The van der Waals surface area contributed by atoms with Crippen molar-refractivity contribution >= 4 is 21.6 Å². The SMILES string of the molecule is C[C@@H](N)c1ccc(N(CC(F)(F)F)C2CC2)cc1Br. The van der Waals surface area contributed by atoms with Crippen LogP contribution in [0.15, 0.2) is 22.7 Å². The average molecular weight is 337 g/mol. The van der Waals surface area contributed by atoms with E-state index in [1.807, 2.05) is 6.92 Å². The summed E-state index contributed by atoms with van der Waals surface area (Å²) in [5.41, 5.74) is 7.28. The largest absolute Gasteiger partial charge is 0.405 e. The zero-order valence-corrected chi connectivity index (χ0v) is 12.1. The Morgan fingerprint density at radius 2 is 2.05 bits per heavy atom. The number of halogens is 4. The lowest BCUT2D eigenvalue weighted by Gasteiger charge is -2.26. The van der Waals surface area contributed by atoms with Crippen molar-refractivity contribution in [3.8, 4) is 0 Å². The van der Waals surface area contributed by atoms with Gasteiger partial charge in [-0.25, -0.2) is 0 Å². The maximum atomic E-state index is 12.6. The second-order valence-electron chi connectivity index (χ2n) is 4.97. The molecule has 1 aliphatic rings. The predicted octanol–water partition coefficient (Wildman–Crippen LogP) is 4.00. The van der Waals surface area contributed by atoms with Gasteiger partial charge in [-0.3, -0.25) is 0 Å². The normalized spacial score (nSPS) is 17.4. The highest BCUT2D eigenvalue weighted by atomic mass is 79.9. The first-order valence-corrected chi connectivity index (χ1v) is 6.95. The number of alkyl halides is 3. The van der Waals surface area contributed by atoms with Crippen LogP contribution >= 0.6 is 15.9 Å². The van der Waals surface area contributed by atoms with Gasteiger partial charge in [-0.2, -0.15) is 13.2 Å². The molecule has 2 nitrogen and oxygen atoms in total. The number of benzene rings is 1. The van der Waals surface area contributed by atoms with Gasteiger partial charge < -0.3 is 10.6 Å². The Hall–Kier alpha value is -0.750. The van der Waals surface area contributed by atoms with Gasteiger partial charge >= 0.3 is 6.18 Å². The van der Waals surface area contributed by atoms with E-state index in [0.29, 0.717) is 5.69 Å². The summed E-state index contributed by atoms with van der Waals surface area (Å²) < 4.78 is 38.6. The maximum Gasteiger partial charge on any atom is 0.405 e. The minimum Gasteiger partial charge on any atom is -0.359 e. The van der Waals surface area contributed by atoms with Crippen LogP contribution in [0.25, 0.3) is 0 Å². The van der Waals surface area contributed by atoms with Gasteiger partial charge in [-0.15, -0.1) is 0 Å². The van der Waals surface area contributed by atoms with E-state index < -0.39 is 12.7 Å². The van der Waals surface area contributed by atoms with E-state index in [9.17, 15) is 13.2 Å². The van der Waals surface area contributed by atoms with Crippen molar-refractivity contribution in [1.82, 2.24) is 0 Å². The van der Waals surface area contributed by atoms with Gasteiger partial charge in [0.1, 0.15) is 6.54 Å². The summed E-state index contributed by atoms with van der Waals surface area (Å²) in [6.45, 7) is 0.940. The minimum absolute atomic E-state index is 0.00896. The van der Waals surface area contributed by atoms with E-state index >= 15 is 0 Å². The number of anilines is 1. The summed E-state index contributed by atoms with van der Waals surface area (Å²) in [4.78, 5) is 1.43. The molecule has 1 aromatic rings. The molecule has 2 N–H and O–H groups in total. The van der Waals surface area contributed by atoms with E-state index in [-0.39, 0.29) is 12.1 Å². The van der Waals surface area contributed by atoms with Crippen LogP contribution in [0.4, 0.5) is 18.9 Å². The monoisotopic (exact) mass is 336 g/mol. The first kappa shape index (κ1) is 14.7. The van der Waals surface area contributed by atoms with Crippen LogP contribution in [-0.2, 0) is 0 Å². The van der Waals surface area contributed by atoms with E-state index in [4.69, 9.17) is 5.73 Å². The smallest absolute Gasteiger partial charge is 0.359 e. The molecule has 6 heteroatoms. The summed E-state index contributed by atoms with van der Waals surface area (Å²) in [6, 6.07) is 5.08. The lowest BCUT2D eigenvalue weighted by molar-refractivity contribution is -0.120. The predicted molar refractivity (Wildman–Crippen MR) is 73.2 cm³/mol. The molecule has 0 heterocycles. The second-order valence-corrected chi connectivity index (χ2v) is 5.82. The van der Waals surface area contributed by atoms with Crippen LogP contribution in [0.2, 0.25) is 0 Å². The maximum absolute atomic E-state index is 12.6. The molecule has 1 fully saturated rings. The Morgan fingerprint density at radius 3 is 2.47 bits per heavy atom. The molecule has 2 rings (SSSR count). The summed E-state index contributed by atoms with van der Waals surface area (Å²) in [5.74, 6) is 0. The van der Waals surface area contributed by atoms with E-state index in [0.717, 1.165) is 22.9 Å². The van der Waals surface area contributed by atoms with E-state index in [1.54, 1.807) is 18.2 Å². The fourth-order valence-electron chi connectivity index (χ4n) is 2.07. The zero-order valence-electron chi connectivity index (χ0n) is 10.5. The summed E-state index contributed by atoms with van der Waals surface area (Å²) >= 11 is 3.38. The zero-order chi connectivity index (χ0) is 14.2. The standard InChI is InChI=1S/C13H16BrF3N2/c1-8(18)11-5-4-10(6-12(11)14)19(9-2-3-9)7-13(15,16)17/h4-6,8-9H,2-3,7,18H2,1H3/t8-/m1/s1. The molecular weight excluding hydrogens is 321 g/mol. The third-order valence-corrected chi connectivity index (χ3v) is 3.83. The molecule has 1 saturated carbocycles. The van der Waals surface area contributed by atoms with Gasteiger partial charge in [0.15, 0.2) is 0 Å². The Labute approximate surface area is 118 Å². The highest BCUT2D eigenvalue weighted by molar-refractivity contribution is 9.10. The average Bonchev–Trinajstić information content (AvgIpc) is 3.07. The van der Waals surface area contributed by atoms with Gasteiger partial charge in [0.2, 0.25) is 0 Å². The molecule has 0 bridgehead atoms. The molecule has 0 saturated heterocycles. The van der Waals surface area contributed by atoms with Crippen molar-refractivity contribution < 1.29 is 13.2 Å². The van der Waals surface area contributed by atoms with Crippen molar-refractivity contribution in [3.63, 3.8) is 0 Å². The van der Waals surface area contributed by atoms with E-state index in [2.05, 4.69) is 15.9 Å². The molecule has 0 aromatic heterocycles. The van der Waals surface area contributed by atoms with Crippen LogP contribution in [0.5, 0.6) is 0 Å². The molecular formula is C13H16BrF3N2. The second kappa shape index (κ2) is 5.32. The topological polar surface area (TPSA) is 29.3 Å². The Morgan fingerprint density at radius 1 is 1.42 bits per heavy atom. The van der Waals surface area contributed by atoms with Gasteiger partial charge in [0.05, 0.1) is 0 Å². The van der Waals surface area contributed by atoms with Crippen LogP contribution in [0, 0.1) is 0 Å². The van der Waals surface area contributed by atoms with Crippen molar-refractivity contribution in [2.24, 2.45) is 5.73 Å². The summed E-state index contributed by atoms with van der Waals surface area (Å²) in [5, 5.41) is 0. The van der Waals surface area contributed by atoms with Gasteiger partial charge in [-0.05, 0) is 37.5 Å². The van der Waals surface area contributed by atoms with Gasteiger partial charge in [0, 0.05) is 22.2 Å². The van der Waals surface area contributed by atoms with Gasteiger partial charge in [-0.1, -0.05) is 22.0 Å². The molecule has 1 atom stereocenters. The number of nitrogens with zero attached hydrogens (tertiary/aromatic N) is 1. The van der Waals surface area contributed by atoms with Crippen molar-refractivity contribution in [3.05, 3.63) is 28.2 Å². The van der Waals surface area contributed by atoms with Crippen LogP contribution in [-0.4, -0.2) is 18.8 Å². The summed E-state index contributed by atoms with van der Waals surface area (Å²) in [7, 11) is 0. The quantitative estimate of drug-likeness (QED) is 0.900. The van der Waals surface area contributed by atoms with Crippen LogP contribution in [0.1, 0.15) is 31.4 Å². The van der Waals surface area contributed by atoms with Gasteiger partial charge in [0.25, 0.3) is 0 Å². The van der Waals surface area contributed by atoms with Crippen molar-refractivity contribution in [1.29, 1.82) is 0 Å². The lowest BCUT2D eigenvalue weighted by atomic mass is 10.1. The van der Waals surface area contributed by atoms with Crippen LogP contribution in [0.3, 0.4) is 0 Å². The minimum atomic E-state index is -4.19. The molecule has 1 aromatic carbocycles. The molecule has 0 radical (unpaired) electrons. The summed E-state index contributed by atoms with van der Waals surface area (Å²) in [6.07, 6.45) is -2.54. The number of hydrogen-bond donors (Lipinski definition) is 1. The molecule has 19 heavy (non-hydrogen) atoms. The van der Waals surface area contributed by atoms with Crippen LogP contribution < -0.4 is 10.6 Å².